The molecule has 0 saturated carbocycles. The van der Waals surface area contributed by atoms with E-state index in [9.17, 15) is 0 Å². The average molecular weight is 304 g/mol. The maximum absolute atomic E-state index is 8.81. The van der Waals surface area contributed by atoms with Gasteiger partial charge in [-0.3, -0.25) is 0 Å². The van der Waals surface area contributed by atoms with E-state index in [0.717, 1.165) is 5.57 Å². The van der Waals surface area contributed by atoms with E-state index < -0.39 is 0 Å². The van der Waals surface area contributed by atoms with Crippen LogP contribution in [0.2, 0.25) is 0 Å². The monoisotopic (exact) mass is 304 g/mol. The van der Waals surface area contributed by atoms with Crippen molar-refractivity contribution in [1.29, 1.82) is 0 Å². The summed E-state index contributed by atoms with van der Waals surface area (Å²) in [6.45, 7) is 11.2. The van der Waals surface area contributed by atoms with Crippen molar-refractivity contribution in [1.82, 2.24) is 0 Å². The smallest absolute Gasteiger partial charge is 0.0617 e. The molecule has 0 radical (unpaired) electrons. The second-order valence-corrected chi connectivity index (χ2v) is 6.67. The van der Waals surface area contributed by atoms with Crippen molar-refractivity contribution in [3.63, 3.8) is 0 Å². The van der Waals surface area contributed by atoms with Gasteiger partial charge < -0.3 is 10.6 Å². The first-order chi connectivity index (χ1) is 9.86. The van der Waals surface area contributed by atoms with Crippen LogP contribution in [0.15, 0.2) is 58.7 Å². The minimum absolute atomic E-state index is 0. The largest absolute Gasteiger partial charge is 0.412 e. The van der Waals surface area contributed by atoms with E-state index in [0.29, 0.717) is 5.41 Å². The topological polar surface area (TPSA) is 51.7 Å². The lowest BCUT2D eigenvalue weighted by molar-refractivity contribution is 0.342. The van der Waals surface area contributed by atoms with Crippen LogP contribution in [0.1, 0.15) is 53.9 Å². The molecule has 0 saturated heterocycles. The van der Waals surface area contributed by atoms with Crippen molar-refractivity contribution >= 4 is 0 Å². The molecule has 1 aliphatic carbocycles. The number of allylic oxidation sites excluding steroid dienone is 9. The van der Waals surface area contributed by atoms with E-state index >= 15 is 0 Å². The molecule has 0 heterocycles. The molecule has 0 aromatic heterocycles. The third-order valence-electron chi connectivity index (χ3n) is 4.19. The Morgan fingerprint density at radius 2 is 1.86 bits per heavy atom. The second-order valence-electron chi connectivity index (χ2n) is 6.67. The fourth-order valence-electron chi connectivity index (χ4n) is 2.84. The third-order valence-corrected chi connectivity index (χ3v) is 4.19. The summed E-state index contributed by atoms with van der Waals surface area (Å²) in [6, 6.07) is 0. The lowest BCUT2D eigenvalue weighted by atomic mass is 9.72. The molecule has 0 unspecified atom stereocenters. The Labute approximate surface area is 135 Å². The molecule has 124 valence electrons. The summed E-state index contributed by atoms with van der Waals surface area (Å²) in [5, 5.41) is 8.81. The highest BCUT2D eigenvalue weighted by atomic mass is 16.2. The van der Waals surface area contributed by atoms with Crippen molar-refractivity contribution in [3.05, 3.63) is 58.7 Å². The lowest BCUT2D eigenvalue weighted by Crippen LogP contribution is -2.19. The Balaban J connectivity index is 0.00000441. The number of hydrogen-bond acceptors (Lipinski definition) is 1. The first kappa shape index (κ1) is 20.6. The minimum Gasteiger partial charge on any atom is -0.412 e. The van der Waals surface area contributed by atoms with Gasteiger partial charge in [-0.2, -0.15) is 0 Å². The second kappa shape index (κ2) is 9.60. The van der Waals surface area contributed by atoms with Gasteiger partial charge in [-0.15, -0.1) is 0 Å². The average Bonchev–Trinajstić information content (AvgIpc) is 2.37. The van der Waals surface area contributed by atoms with Crippen molar-refractivity contribution in [2.45, 2.75) is 53.9 Å². The highest BCUT2D eigenvalue weighted by Crippen LogP contribution is 2.40. The fraction of sp³-hybridized carbons (Fsp3) is 0.500. The zero-order chi connectivity index (χ0) is 15.9. The quantitative estimate of drug-likeness (QED) is 0.736. The molecule has 0 spiro atoms. The predicted octanol–water partition coefficient (Wildman–Crippen LogP) is 4.69. The Bertz CT molecular complexity index is 500. The summed E-state index contributed by atoms with van der Waals surface area (Å²) in [4.78, 5) is 0. The van der Waals surface area contributed by atoms with Crippen LogP contribution >= 0.6 is 0 Å². The lowest BCUT2D eigenvalue weighted by Gasteiger charge is -2.32. The third kappa shape index (κ3) is 6.59. The van der Waals surface area contributed by atoms with Crippen LogP contribution in [0.5, 0.6) is 0 Å². The predicted molar refractivity (Wildman–Crippen MR) is 96.8 cm³/mol. The summed E-state index contributed by atoms with van der Waals surface area (Å²) >= 11 is 0. The van der Waals surface area contributed by atoms with Gasteiger partial charge in [0.15, 0.2) is 0 Å². The first-order valence-corrected chi connectivity index (χ1v) is 7.87. The SMILES string of the molecule is CC1=C(/C=C/C(C)=C/C=C/C(C)=C/CO)C(C)(C)CCC1.O. The van der Waals surface area contributed by atoms with Crippen molar-refractivity contribution in [3.8, 4) is 0 Å². The molecule has 1 aliphatic rings. The molecular formula is C20H32O2. The molecular weight excluding hydrogens is 272 g/mol. The van der Waals surface area contributed by atoms with E-state index in [4.69, 9.17) is 5.11 Å². The van der Waals surface area contributed by atoms with Gasteiger partial charge in [0, 0.05) is 0 Å². The van der Waals surface area contributed by atoms with Gasteiger partial charge in [-0.25, -0.2) is 0 Å². The molecule has 0 aromatic rings. The molecule has 0 atom stereocenters. The zero-order valence-electron chi connectivity index (χ0n) is 14.7. The highest BCUT2D eigenvalue weighted by Gasteiger charge is 2.26. The van der Waals surface area contributed by atoms with Crippen LogP contribution < -0.4 is 0 Å². The van der Waals surface area contributed by atoms with E-state index in [1.165, 1.54) is 36.0 Å². The van der Waals surface area contributed by atoms with Crippen molar-refractivity contribution < 1.29 is 10.6 Å². The van der Waals surface area contributed by atoms with Gasteiger partial charge in [0.2, 0.25) is 0 Å². The summed E-state index contributed by atoms with van der Waals surface area (Å²) in [7, 11) is 0. The molecule has 2 nitrogen and oxygen atoms in total. The van der Waals surface area contributed by atoms with E-state index in [1.54, 1.807) is 6.08 Å². The van der Waals surface area contributed by atoms with E-state index in [-0.39, 0.29) is 12.1 Å². The molecule has 1 rings (SSSR count). The molecule has 0 bridgehead atoms. The fourth-order valence-corrected chi connectivity index (χ4v) is 2.84. The number of rotatable bonds is 5. The maximum atomic E-state index is 8.81. The van der Waals surface area contributed by atoms with Gasteiger partial charge in [-0.05, 0) is 51.0 Å². The molecule has 22 heavy (non-hydrogen) atoms. The van der Waals surface area contributed by atoms with Crippen LogP contribution in [-0.4, -0.2) is 17.2 Å². The zero-order valence-corrected chi connectivity index (χ0v) is 14.7. The molecule has 0 aliphatic heterocycles. The van der Waals surface area contributed by atoms with Crippen molar-refractivity contribution in [2.75, 3.05) is 6.61 Å². The summed E-state index contributed by atoms with van der Waals surface area (Å²) in [5.41, 5.74) is 5.66. The number of aliphatic hydroxyl groups is 1. The van der Waals surface area contributed by atoms with Gasteiger partial charge in [0.05, 0.1) is 6.61 Å². The summed E-state index contributed by atoms with van der Waals surface area (Å²) in [6.07, 6.45) is 16.3. The Morgan fingerprint density at radius 1 is 1.18 bits per heavy atom. The number of hydrogen-bond donors (Lipinski definition) is 1. The van der Waals surface area contributed by atoms with Crippen LogP contribution in [0, 0.1) is 5.41 Å². The Morgan fingerprint density at radius 3 is 2.45 bits per heavy atom. The standard InChI is InChI=1S/C20H30O.H2O/c1-16(8-6-9-17(2)13-15-21)11-12-19-18(3)10-7-14-20(19,4)5;/h6,8-9,11-13,21H,7,10,14-15H2,1-5H3;1H2/b9-6+,12-11+,16-8+,17-13+;. The summed E-state index contributed by atoms with van der Waals surface area (Å²) < 4.78 is 0. The highest BCUT2D eigenvalue weighted by molar-refractivity contribution is 5.37. The van der Waals surface area contributed by atoms with Crippen LogP contribution in [0.4, 0.5) is 0 Å². The number of aliphatic hydroxyl groups excluding tert-OH is 1. The maximum Gasteiger partial charge on any atom is 0.0617 e. The van der Waals surface area contributed by atoms with E-state index in [2.05, 4.69) is 45.9 Å². The summed E-state index contributed by atoms with van der Waals surface area (Å²) in [5.74, 6) is 0. The Kier molecular flexibility index (Phi) is 9.00. The van der Waals surface area contributed by atoms with Crippen molar-refractivity contribution in [2.24, 2.45) is 5.41 Å². The van der Waals surface area contributed by atoms with Gasteiger partial charge in [0.1, 0.15) is 0 Å². The van der Waals surface area contributed by atoms with Gasteiger partial charge >= 0.3 is 0 Å². The molecule has 3 N–H and O–H groups in total. The van der Waals surface area contributed by atoms with Crippen LogP contribution in [0.25, 0.3) is 0 Å². The normalized spacial score (nSPS) is 19.9. The Hall–Kier alpha value is -1.38. The van der Waals surface area contributed by atoms with Gasteiger partial charge in [-0.1, -0.05) is 67.0 Å². The molecule has 2 heteroatoms. The minimum atomic E-state index is 0. The molecule has 0 amide bonds. The first-order valence-electron chi connectivity index (χ1n) is 7.87. The van der Waals surface area contributed by atoms with Crippen LogP contribution in [0.3, 0.4) is 0 Å². The molecule has 0 fully saturated rings. The van der Waals surface area contributed by atoms with Crippen LogP contribution in [-0.2, 0) is 0 Å². The molecule has 0 aromatic carbocycles. The van der Waals surface area contributed by atoms with Gasteiger partial charge in [0.25, 0.3) is 0 Å². The van der Waals surface area contributed by atoms with E-state index in [1.807, 2.05) is 19.1 Å².